The van der Waals surface area contributed by atoms with Crippen molar-refractivity contribution in [2.24, 2.45) is 0 Å². The molecular formula is C18H22FN3O3. The van der Waals surface area contributed by atoms with E-state index >= 15 is 0 Å². The number of rotatable bonds is 5. The molecular weight excluding hydrogens is 325 g/mol. The first-order chi connectivity index (χ1) is 12.1. The number of piperidine rings is 1. The van der Waals surface area contributed by atoms with E-state index in [1.54, 1.807) is 24.0 Å². The first-order valence-electron chi connectivity index (χ1n) is 8.58. The number of nitrogens with zero attached hydrogens (tertiary/aromatic N) is 3. The van der Waals surface area contributed by atoms with E-state index < -0.39 is 11.9 Å². The van der Waals surface area contributed by atoms with Crippen molar-refractivity contribution >= 4 is 5.91 Å². The number of benzene rings is 1. The first kappa shape index (κ1) is 17.4. The van der Waals surface area contributed by atoms with Crippen LogP contribution in [-0.2, 0) is 4.79 Å². The number of halogens is 1. The number of aromatic nitrogens is 2. The molecule has 1 aliphatic heterocycles. The summed E-state index contributed by atoms with van der Waals surface area (Å²) in [6.45, 7) is 4.84. The van der Waals surface area contributed by atoms with Gasteiger partial charge in [0.2, 0.25) is 5.89 Å². The second-order valence-electron chi connectivity index (χ2n) is 6.22. The molecule has 1 aromatic carbocycles. The van der Waals surface area contributed by atoms with Crippen LogP contribution in [0.3, 0.4) is 0 Å². The number of hydrogen-bond donors (Lipinski definition) is 0. The third-order valence-electron chi connectivity index (χ3n) is 4.47. The summed E-state index contributed by atoms with van der Waals surface area (Å²) in [7, 11) is 0. The summed E-state index contributed by atoms with van der Waals surface area (Å²) in [6, 6.07) is 6.14. The van der Waals surface area contributed by atoms with E-state index in [0.29, 0.717) is 31.2 Å². The molecule has 0 saturated carbocycles. The Labute approximate surface area is 146 Å². The summed E-state index contributed by atoms with van der Waals surface area (Å²) in [5.74, 6) is 1.01. The summed E-state index contributed by atoms with van der Waals surface area (Å²) >= 11 is 0. The third-order valence-corrected chi connectivity index (χ3v) is 4.47. The molecule has 0 N–H and O–H groups in total. The van der Waals surface area contributed by atoms with Crippen LogP contribution in [0.15, 0.2) is 28.8 Å². The van der Waals surface area contributed by atoms with Gasteiger partial charge < -0.3 is 14.2 Å². The number of ether oxygens (including phenoxy) is 1. The predicted molar refractivity (Wildman–Crippen MR) is 88.7 cm³/mol. The van der Waals surface area contributed by atoms with E-state index in [9.17, 15) is 9.18 Å². The third kappa shape index (κ3) is 3.97. The molecule has 1 aliphatic rings. The van der Waals surface area contributed by atoms with Crippen LogP contribution in [0.4, 0.5) is 4.39 Å². The zero-order valence-corrected chi connectivity index (χ0v) is 14.4. The summed E-state index contributed by atoms with van der Waals surface area (Å²) in [5.41, 5.74) is 0. The number of amides is 1. The van der Waals surface area contributed by atoms with Crippen LogP contribution in [0.2, 0.25) is 0 Å². The van der Waals surface area contributed by atoms with Gasteiger partial charge in [0.25, 0.3) is 5.91 Å². The van der Waals surface area contributed by atoms with Crippen LogP contribution >= 0.6 is 0 Å². The van der Waals surface area contributed by atoms with Crippen molar-refractivity contribution in [2.45, 2.75) is 45.1 Å². The molecule has 1 atom stereocenters. The van der Waals surface area contributed by atoms with Crippen molar-refractivity contribution in [1.82, 2.24) is 15.0 Å². The maximum absolute atomic E-state index is 13.8. The maximum atomic E-state index is 13.8. The summed E-state index contributed by atoms with van der Waals surface area (Å²) in [4.78, 5) is 18.8. The fourth-order valence-corrected chi connectivity index (χ4v) is 3.04. The second kappa shape index (κ2) is 7.63. The molecule has 1 fully saturated rings. The Balaban J connectivity index is 1.59. The summed E-state index contributed by atoms with van der Waals surface area (Å²) < 4.78 is 24.4. The fraction of sp³-hybridized carbons (Fsp3) is 0.500. The van der Waals surface area contributed by atoms with Crippen LogP contribution < -0.4 is 4.74 Å². The van der Waals surface area contributed by atoms with Crippen molar-refractivity contribution in [3.63, 3.8) is 0 Å². The van der Waals surface area contributed by atoms with Gasteiger partial charge in [-0.3, -0.25) is 4.79 Å². The van der Waals surface area contributed by atoms with Gasteiger partial charge in [-0.05, 0) is 31.4 Å². The van der Waals surface area contributed by atoms with E-state index in [1.165, 1.54) is 12.1 Å². The van der Waals surface area contributed by atoms with Gasteiger partial charge in [0.1, 0.15) is 0 Å². The van der Waals surface area contributed by atoms with Gasteiger partial charge in [-0.15, -0.1) is 0 Å². The molecule has 0 aliphatic carbocycles. The Bertz CT molecular complexity index is 726. The lowest BCUT2D eigenvalue weighted by Crippen LogP contribution is -2.45. The van der Waals surface area contributed by atoms with Crippen molar-refractivity contribution < 1.29 is 18.4 Å². The highest BCUT2D eigenvalue weighted by molar-refractivity contribution is 5.81. The minimum Gasteiger partial charge on any atom is -0.478 e. The molecule has 134 valence electrons. The number of aryl methyl sites for hydroxylation is 1. The highest BCUT2D eigenvalue weighted by atomic mass is 19.1. The van der Waals surface area contributed by atoms with E-state index in [0.717, 1.165) is 12.8 Å². The van der Waals surface area contributed by atoms with Crippen LogP contribution in [-0.4, -0.2) is 40.1 Å². The van der Waals surface area contributed by atoms with Gasteiger partial charge in [0, 0.05) is 25.9 Å². The molecule has 0 radical (unpaired) electrons. The molecule has 2 aromatic rings. The lowest BCUT2D eigenvalue weighted by Gasteiger charge is -2.33. The number of para-hydroxylation sites is 1. The highest BCUT2D eigenvalue weighted by Crippen LogP contribution is 2.27. The molecule has 6 nitrogen and oxygen atoms in total. The van der Waals surface area contributed by atoms with Crippen molar-refractivity contribution in [2.75, 3.05) is 13.1 Å². The Kier molecular flexibility index (Phi) is 5.31. The number of carbonyl (C=O) groups is 1. The van der Waals surface area contributed by atoms with Crippen LogP contribution in [0, 0.1) is 12.7 Å². The van der Waals surface area contributed by atoms with Crippen molar-refractivity contribution in [1.29, 1.82) is 0 Å². The van der Waals surface area contributed by atoms with Gasteiger partial charge in [0.05, 0.1) is 0 Å². The van der Waals surface area contributed by atoms with E-state index in [1.807, 2.05) is 6.92 Å². The van der Waals surface area contributed by atoms with Crippen molar-refractivity contribution in [3.8, 4) is 5.75 Å². The van der Waals surface area contributed by atoms with E-state index in [4.69, 9.17) is 9.26 Å². The molecule has 0 bridgehead atoms. The lowest BCUT2D eigenvalue weighted by atomic mass is 9.95. The molecule has 3 rings (SSSR count). The van der Waals surface area contributed by atoms with Gasteiger partial charge in [-0.2, -0.15) is 4.98 Å². The SMILES string of the molecule is CCC(Oc1ccccc1F)C(=O)N1CCC(c2noc(C)n2)CC1. The normalized spacial score (nSPS) is 16.7. The fourth-order valence-electron chi connectivity index (χ4n) is 3.04. The second-order valence-corrected chi connectivity index (χ2v) is 6.22. The van der Waals surface area contributed by atoms with Gasteiger partial charge in [-0.1, -0.05) is 24.2 Å². The molecule has 0 spiro atoms. The average molecular weight is 347 g/mol. The Morgan fingerprint density at radius 2 is 2.12 bits per heavy atom. The van der Waals surface area contributed by atoms with Crippen LogP contribution in [0.5, 0.6) is 5.75 Å². The van der Waals surface area contributed by atoms with E-state index in [-0.39, 0.29) is 17.6 Å². The predicted octanol–water partition coefficient (Wildman–Crippen LogP) is 3.08. The average Bonchev–Trinajstić information content (AvgIpc) is 3.07. The number of carbonyl (C=O) groups excluding carboxylic acids is 1. The monoisotopic (exact) mass is 347 g/mol. The summed E-state index contributed by atoms with van der Waals surface area (Å²) in [6.07, 6.45) is 1.36. The molecule has 1 amide bonds. The van der Waals surface area contributed by atoms with Gasteiger partial charge >= 0.3 is 0 Å². The smallest absolute Gasteiger partial charge is 0.263 e. The molecule has 7 heteroatoms. The molecule has 1 saturated heterocycles. The first-order valence-corrected chi connectivity index (χ1v) is 8.58. The highest BCUT2D eigenvalue weighted by Gasteiger charge is 2.31. The quantitative estimate of drug-likeness (QED) is 0.831. The van der Waals surface area contributed by atoms with Crippen molar-refractivity contribution in [3.05, 3.63) is 41.8 Å². The maximum Gasteiger partial charge on any atom is 0.263 e. The molecule has 25 heavy (non-hydrogen) atoms. The number of hydrogen-bond acceptors (Lipinski definition) is 5. The zero-order valence-electron chi connectivity index (χ0n) is 14.4. The minimum absolute atomic E-state index is 0.103. The van der Waals surface area contributed by atoms with Crippen LogP contribution in [0.1, 0.15) is 43.8 Å². The topological polar surface area (TPSA) is 68.5 Å². The molecule has 1 aromatic heterocycles. The standard InChI is InChI=1S/C18H22FN3O3/c1-3-15(24-16-7-5-4-6-14(16)19)18(23)22-10-8-13(9-11-22)17-20-12(2)25-21-17/h4-7,13,15H,3,8-11H2,1-2H3. The lowest BCUT2D eigenvalue weighted by molar-refractivity contribution is -0.140. The molecule has 2 heterocycles. The minimum atomic E-state index is -0.680. The molecule has 1 unspecified atom stereocenters. The largest absolute Gasteiger partial charge is 0.478 e. The van der Waals surface area contributed by atoms with Gasteiger partial charge in [-0.25, -0.2) is 4.39 Å². The Hall–Kier alpha value is -2.44. The number of likely N-dealkylation sites (tertiary alicyclic amines) is 1. The Morgan fingerprint density at radius 1 is 1.40 bits per heavy atom. The zero-order chi connectivity index (χ0) is 17.8. The van der Waals surface area contributed by atoms with E-state index in [2.05, 4.69) is 10.1 Å². The van der Waals surface area contributed by atoms with Gasteiger partial charge in [0.15, 0.2) is 23.5 Å². The summed E-state index contributed by atoms with van der Waals surface area (Å²) in [5, 5.41) is 3.97. The Morgan fingerprint density at radius 3 is 2.72 bits per heavy atom. The van der Waals surface area contributed by atoms with Crippen LogP contribution in [0.25, 0.3) is 0 Å².